The van der Waals surface area contributed by atoms with Crippen LogP contribution in [0.2, 0.25) is 0 Å². The Hall–Kier alpha value is -1.67. The Morgan fingerprint density at radius 3 is 2.60 bits per heavy atom. The SMILES string of the molecule is CNC(=O)CNc1ccc(S(=O)(=O)N2CCCC2)cn1. The lowest BCUT2D eigenvalue weighted by atomic mass is 10.4. The predicted octanol–water partition coefficient (Wildman–Crippen LogP) is 0.0240. The number of aromatic nitrogens is 1. The van der Waals surface area contributed by atoms with E-state index in [1.54, 1.807) is 13.1 Å². The smallest absolute Gasteiger partial charge is 0.244 e. The molecule has 20 heavy (non-hydrogen) atoms. The molecule has 0 unspecified atom stereocenters. The summed E-state index contributed by atoms with van der Waals surface area (Å²) in [6, 6.07) is 3.07. The van der Waals surface area contributed by atoms with E-state index < -0.39 is 10.0 Å². The van der Waals surface area contributed by atoms with Crippen molar-refractivity contribution in [3.63, 3.8) is 0 Å². The molecule has 7 nitrogen and oxygen atoms in total. The van der Waals surface area contributed by atoms with Crippen LogP contribution in [0, 0.1) is 0 Å². The summed E-state index contributed by atoms with van der Waals surface area (Å²) >= 11 is 0. The highest BCUT2D eigenvalue weighted by Crippen LogP contribution is 2.20. The van der Waals surface area contributed by atoms with E-state index in [1.165, 1.54) is 16.6 Å². The summed E-state index contributed by atoms with van der Waals surface area (Å²) in [5.41, 5.74) is 0. The van der Waals surface area contributed by atoms with Gasteiger partial charge in [0.15, 0.2) is 0 Å². The first-order valence-corrected chi connectivity index (χ1v) is 7.88. The average molecular weight is 298 g/mol. The summed E-state index contributed by atoms with van der Waals surface area (Å²) in [5, 5.41) is 5.29. The number of pyridine rings is 1. The Bertz CT molecular complexity index is 565. The third kappa shape index (κ3) is 3.26. The molecule has 1 saturated heterocycles. The highest BCUT2D eigenvalue weighted by molar-refractivity contribution is 7.89. The molecule has 0 aromatic carbocycles. The monoisotopic (exact) mass is 298 g/mol. The lowest BCUT2D eigenvalue weighted by molar-refractivity contribution is -0.118. The van der Waals surface area contributed by atoms with Crippen molar-refractivity contribution in [1.29, 1.82) is 0 Å². The van der Waals surface area contributed by atoms with Crippen LogP contribution < -0.4 is 10.6 Å². The number of anilines is 1. The van der Waals surface area contributed by atoms with Gasteiger partial charge in [0.05, 0.1) is 6.54 Å². The molecule has 1 aliphatic heterocycles. The van der Waals surface area contributed by atoms with Crippen LogP contribution >= 0.6 is 0 Å². The topological polar surface area (TPSA) is 91.4 Å². The molecule has 0 radical (unpaired) electrons. The maximum Gasteiger partial charge on any atom is 0.244 e. The zero-order valence-corrected chi connectivity index (χ0v) is 12.1. The van der Waals surface area contributed by atoms with Crippen molar-refractivity contribution in [2.24, 2.45) is 0 Å². The number of likely N-dealkylation sites (N-methyl/N-ethyl adjacent to an activating group) is 1. The number of hydrogen-bond acceptors (Lipinski definition) is 5. The van der Waals surface area contributed by atoms with Crippen molar-refractivity contribution in [2.45, 2.75) is 17.7 Å². The largest absolute Gasteiger partial charge is 0.361 e. The average Bonchev–Trinajstić information content (AvgIpc) is 3.00. The first-order chi connectivity index (χ1) is 9.54. The Morgan fingerprint density at radius 2 is 2.05 bits per heavy atom. The lowest BCUT2D eigenvalue weighted by Gasteiger charge is -2.15. The number of nitrogens with one attached hydrogen (secondary N) is 2. The van der Waals surface area contributed by atoms with Gasteiger partial charge in [-0.25, -0.2) is 13.4 Å². The number of sulfonamides is 1. The molecule has 110 valence electrons. The summed E-state index contributed by atoms with van der Waals surface area (Å²) in [6.45, 7) is 1.24. The minimum atomic E-state index is -3.43. The molecule has 2 rings (SSSR count). The highest BCUT2D eigenvalue weighted by Gasteiger charge is 2.27. The van der Waals surface area contributed by atoms with Crippen molar-refractivity contribution in [2.75, 3.05) is 32.0 Å². The van der Waals surface area contributed by atoms with Crippen molar-refractivity contribution >= 4 is 21.7 Å². The summed E-state index contributed by atoms with van der Waals surface area (Å²) in [6.07, 6.45) is 3.12. The molecular formula is C12H18N4O3S. The summed E-state index contributed by atoms with van der Waals surface area (Å²) in [5.74, 6) is 0.300. The number of hydrogen-bond donors (Lipinski definition) is 2. The molecule has 1 aromatic heterocycles. The molecule has 1 aliphatic rings. The number of amides is 1. The van der Waals surface area contributed by atoms with Crippen LogP contribution in [0.1, 0.15) is 12.8 Å². The zero-order chi connectivity index (χ0) is 14.6. The van der Waals surface area contributed by atoms with Crippen molar-refractivity contribution in [3.8, 4) is 0 Å². The molecule has 2 N–H and O–H groups in total. The zero-order valence-electron chi connectivity index (χ0n) is 11.3. The predicted molar refractivity (Wildman–Crippen MR) is 74.8 cm³/mol. The fourth-order valence-electron chi connectivity index (χ4n) is 1.97. The summed E-state index contributed by atoms with van der Waals surface area (Å²) in [7, 11) is -1.88. The number of carbonyl (C=O) groups excluding carboxylic acids is 1. The molecule has 1 fully saturated rings. The quantitative estimate of drug-likeness (QED) is 0.800. The van der Waals surface area contributed by atoms with E-state index in [0.29, 0.717) is 18.9 Å². The Balaban J connectivity index is 2.06. The first kappa shape index (κ1) is 14.7. The maximum absolute atomic E-state index is 12.3. The molecule has 1 aromatic rings. The Morgan fingerprint density at radius 1 is 1.35 bits per heavy atom. The second-order valence-electron chi connectivity index (χ2n) is 4.52. The molecule has 1 amide bonds. The van der Waals surface area contributed by atoms with Gasteiger partial charge in [-0.2, -0.15) is 4.31 Å². The molecule has 0 atom stereocenters. The van der Waals surface area contributed by atoms with Crippen LogP contribution in [0.25, 0.3) is 0 Å². The molecule has 0 bridgehead atoms. The van der Waals surface area contributed by atoms with Gasteiger partial charge < -0.3 is 10.6 Å². The Kier molecular flexibility index (Phi) is 4.56. The second-order valence-corrected chi connectivity index (χ2v) is 6.45. The second kappa shape index (κ2) is 6.19. The van der Waals surface area contributed by atoms with Gasteiger partial charge >= 0.3 is 0 Å². The van der Waals surface area contributed by atoms with Gasteiger partial charge in [-0.15, -0.1) is 0 Å². The normalized spacial score (nSPS) is 16.1. The molecule has 0 aliphatic carbocycles. The Labute approximate surface area is 118 Å². The molecule has 8 heteroatoms. The summed E-state index contributed by atoms with van der Waals surface area (Å²) < 4.78 is 26.0. The van der Waals surface area contributed by atoms with Crippen LogP contribution in [-0.4, -0.2) is 50.3 Å². The first-order valence-electron chi connectivity index (χ1n) is 6.44. The van der Waals surface area contributed by atoms with Gasteiger partial charge in [0.1, 0.15) is 10.7 Å². The van der Waals surface area contributed by atoms with Gasteiger partial charge in [0.25, 0.3) is 0 Å². The molecule has 0 spiro atoms. The van der Waals surface area contributed by atoms with E-state index in [-0.39, 0.29) is 17.3 Å². The minimum absolute atomic E-state index is 0.0989. The van der Waals surface area contributed by atoms with Gasteiger partial charge in [0.2, 0.25) is 15.9 Å². The summed E-state index contributed by atoms with van der Waals surface area (Å²) in [4.78, 5) is 15.3. The third-order valence-electron chi connectivity index (χ3n) is 3.15. The van der Waals surface area contributed by atoms with E-state index in [1.807, 2.05) is 0 Å². The van der Waals surface area contributed by atoms with Crippen molar-refractivity contribution in [3.05, 3.63) is 18.3 Å². The maximum atomic E-state index is 12.3. The van der Waals surface area contributed by atoms with Gasteiger partial charge in [0, 0.05) is 26.3 Å². The van der Waals surface area contributed by atoms with Gasteiger partial charge in [-0.1, -0.05) is 0 Å². The number of carbonyl (C=O) groups is 1. The van der Waals surface area contributed by atoms with Crippen LogP contribution in [0.3, 0.4) is 0 Å². The van der Waals surface area contributed by atoms with Gasteiger partial charge in [-0.3, -0.25) is 4.79 Å². The van der Waals surface area contributed by atoms with E-state index in [2.05, 4.69) is 15.6 Å². The van der Waals surface area contributed by atoms with E-state index in [4.69, 9.17) is 0 Å². The number of rotatable bonds is 5. The van der Waals surface area contributed by atoms with Crippen LogP contribution in [0.4, 0.5) is 5.82 Å². The third-order valence-corrected chi connectivity index (χ3v) is 5.03. The standard InChI is InChI=1S/C12H18N4O3S/c1-13-12(17)9-15-11-5-4-10(8-14-11)20(18,19)16-6-2-3-7-16/h4-5,8H,2-3,6-7,9H2,1H3,(H,13,17)(H,14,15). The lowest BCUT2D eigenvalue weighted by Crippen LogP contribution is -2.28. The highest BCUT2D eigenvalue weighted by atomic mass is 32.2. The molecular weight excluding hydrogens is 280 g/mol. The molecule has 0 saturated carbocycles. The van der Waals surface area contributed by atoms with Crippen molar-refractivity contribution < 1.29 is 13.2 Å². The van der Waals surface area contributed by atoms with Crippen LogP contribution in [0.5, 0.6) is 0 Å². The van der Waals surface area contributed by atoms with Crippen LogP contribution in [-0.2, 0) is 14.8 Å². The van der Waals surface area contributed by atoms with E-state index in [9.17, 15) is 13.2 Å². The van der Waals surface area contributed by atoms with Crippen LogP contribution in [0.15, 0.2) is 23.2 Å². The van der Waals surface area contributed by atoms with Gasteiger partial charge in [-0.05, 0) is 25.0 Å². The van der Waals surface area contributed by atoms with E-state index >= 15 is 0 Å². The fourth-order valence-corrected chi connectivity index (χ4v) is 3.44. The number of nitrogens with zero attached hydrogens (tertiary/aromatic N) is 2. The van der Waals surface area contributed by atoms with E-state index in [0.717, 1.165) is 12.8 Å². The molecule has 2 heterocycles. The minimum Gasteiger partial charge on any atom is -0.361 e. The van der Waals surface area contributed by atoms with Crippen molar-refractivity contribution in [1.82, 2.24) is 14.6 Å². The fraction of sp³-hybridized carbons (Fsp3) is 0.500.